The maximum Gasteiger partial charge on any atom is 0.256 e. The average molecular weight is 351 g/mol. The Hall–Kier alpha value is -3.02. The standard InChI is InChI=1S/C20H21N3O3/c24-16-8-4-7-15(11-16)23-10-9-22(14-5-2-1-3-6-14)13-18(23)17-12-19(25)21-20(17)26/h1-3,5-7,11-12,18,24H,4,8-10,13H2,(H,21,25,26). The molecule has 1 saturated heterocycles. The minimum atomic E-state index is -0.363. The Bertz CT molecular complexity index is 826. The lowest BCUT2D eigenvalue weighted by atomic mass is 9.99. The van der Waals surface area contributed by atoms with Crippen LogP contribution < -0.4 is 10.2 Å². The van der Waals surface area contributed by atoms with E-state index in [1.54, 1.807) is 6.08 Å². The van der Waals surface area contributed by atoms with Crippen LogP contribution in [0.4, 0.5) is 5.69 Å². The second-order valence-corrected chi connectivity index (χ2v) is 6.71. The quantitative estimate of drug-likeness (QED) is 0.814. The van der Waals surface area contributed by atoms with Crippen LogP contribution in [-0.4, -0.2) is 47.5 Å². The minimum Gasteiger partial charge on any atom is -0.512 e. The number of piperazine rings is 1. The molecule has 1 unspecified atom stereocenters. The van der Waals surface area contributed by atoms with Crippen molar-refractivity contribution in [2.45, 2.75) is 18.9 Å². The zero-order valence-corrected chi connectivity index (χ0v) is 14.4. The van der Waals surface area contributed by atoms with E-state index in [9.17, 15) is 14.7 Å². The third kappa shape index (κ3) is 3.10. The smallest absolute Gasteiger partial charge is 0.256 e. The minimum absolute atomic E-state index is 0.246. The molecule has 0 saturated carbocycles. The number of amides is 2. The van der Waals surface area contributed by atoms with Gasteiger partial charge in [-0.05, 0) is 24.6 Å². The van der Waals surface area contributed by atoms with Crippen LogP contribution in [0, 0.1) is 0 Å². The highest BCUT2D eigenvalue weighted by Gasteiger charge is 2.37. The van der Waals surface area contributed by atoms with Crippen molar-refractivity contribution in [2.75, 3.05) is 24.5 Å². The van der Waals surface area contributed by atoms with Crippen molar-refractivity contribution in [2.24, 2.45) is 0 Å². The van der Waals surface area contributed by atoms with Crippen LogP contribution in [0.1, 0.15) is 12.8 Å². The number of allylic oxidation sites excluding steroid dienone is 3. The Morgan fingerprint density at radius 2 is 1.88 bits per heavy atom. The van der Waals surface area contributed by atoms with Crippen LogP contribution in [-0.2, 0) is 9.59 Å². The van der Waals surface area contributed by atoms with E-state index < -0.39 is 0 Å². The molecule has 4 rings (SSSR count). The summed E-state index contributed by atoms with van der Waals surface area (Å²) in [5.41, 5.74) is 2.49. The highest BCUT2D eigenvalue weighted by molar-refractivity contribution is 6.17. The predicted molar refractivity (Wildman–Crippen MR) is 98.4 cm³/mol. The molecule has 1 aliphatic carbocycles. The largest absolute Gasteiger partial charge is 0.512 e. The number of anilines is 1. The van der Waals surface area contributed by atoms with Crippen LogP contribution in [0.5, 0.6) is 0 Å². The SMILES string of the molecule is O=C1C=C(C2CN(c3ccccc3)CCN2C2=CCCC(O)=C2)C(=O)N1. The Balaban J connectivity index is 1.66. The first kappa shape index (κ1) is 16.4. The molecule has 1 aromatic rings. The van der Waals surface area contributed by atoms with Gasteiger partial charge in [-0.3, -0.25) is 14.9 Å². The normalized spacial score (nSPS) is 23.4. The number of hydrogen-bond donors (Lipinski definition) is 2. The maximum atomic E-state index is 12.3. The Morgan fingerprint density at radius 1 is 1.08 bits per heavy atom. The molecule has 3 aliphatic rings. The number of aliphatic hydroxyl groups is 1. The van der Waals surface area contributed by atoms with Crippen molar-refractivity contribution in [3.05, 3.63) is 65.6 Å². The fourth-order valence-electron chi connectivity index (χ4n) is 3.78. The van der Waals surface area contributed by atoms with Gasteiger partial charge in [0.2, 0.25) is 0 Å². The van der Waals surface area contributed by atoms with Gasteiger partial charge in [0.15, 0.2) is 0 Å². The summed E-state index contributed by atoms with van der Waals surface area (Å²) in [5, 5.41) is 12.3. The van der Waals surface area contributed by atoms with Crippen molar-refractivity contribution < 1.29 is 14.7 Å². The Morgan fingerprint density at radius 3 is 2.58 bits per heavy atom. The van der Waals surface area contributed by atoms with E-state index in [1.165, 1.54) is 6.08 Å². The first-order chi connectivity index (χ1) is 12.6. The van der Waals surface area contributed by atoms with E-state index >= 15 is 0 Å². The summed E-state index contributed by atoms with van der Waals surface area (Å²) < 4.78 is 0. The molecule has 1 fully saturated rings. The number of rotatable bonds is 3. The molecular formula is C20H21N3O3. The van der Waals surface area contributed by atoms with Gasteiger partial charge in [-0.2, -0.15) is 0 Å². The number of nitrogens with zero attached hydrogens (tertiary/aromatic N) is 2. The van der Waals surface area contributed by atoms with Crippen molar-refractivity contribution in [3.63, 3.8) is 0 Å². The fourth-order valence-corrected chi connectivity index (χ4v) is 3.78. The number of carbonyl (C=O) groups excluding carboxylic acids is 2. The summed E-state index contributed by atoms with van der Waals surface area (Å²) in [6, 6.07) is 9.81. The van der Waals surface area contributed by atoms with E-state index in [4.69, 9.17) is 0 Å². The summed E-state index contributed by atoms with van der Waals surface area (Å²) in [5.74, 6) is -0.338. The lowest BCUT2D eigenvalue weighted by molar-refractivity contribution is -0.124. The van der Waals surface area contributed by atoms with Gasteiger partial charge >= 0.3 is 0 Å². The van der Waals surface area contributed by atoms with E-state index in [1.807, 2.05) is 30.3 Å². The maximum absolute atomic E-state index is 12.3. The second-order valence-electron chi connectivity index (χ2n) is 6.71. The van der Waals surface area contributed by atoms with Gasteiger partial charge in [-0.15, -0.1) is 0 Å². The zero-order chi connectivity index (χ0) is 18.1. The van der Waals surface area contributed by atoms with Crippen LogP contribution in [0.2, 0.25) is 0 Å². The van der Waals surface area contributed by atoms with E-state index in [2.05, 4.69) is 21.2 Å². The van der Waals surface area contributed by atoms with Gasteiger partial charge in [0, 0.05) is 49.1 Å². The third-order valence-electron chi connectivity index (χ3n) is 5.05. The molecule has 6 nitrogen and oxygen atoms in total. The number of aliphatic hydroxyl groups excluding tert-OH is 1. The highest BCUT2D eigenvalue weighted by Crippen LogP contribution is 2.29. The molecule has 2 N–H and O–H groups in total. The van der Waals surface area contributed by atoms with Gasteiger partial charge < -0.3 is 14.9 Å². The Kier molecular flexibility index (Phi) is 4.24. The van der Waals surface area contributed by atoms with E-state index in [-0.39, 0.29) is 17.9 Å². The van der Waals surface area contributed by atoms with Gasteiger partial charge in [0.25, 0.3) is 11.8 Å². The van der Waals surface area contributed by atoms with Gasteiger partial charge in [0.1, 0.15) is 0 Å². The second kappa shape index (κ2) is 6.71. The van der Waals surface area contributed by atoms with Crippen molar-refractivity contribution >= 4 is 17.5 Å². The molecule has 1 atom stereocenters. The molecule has 0 spiro atoms. The summed E-state index contributed by atoms with van der Waals surface area (Å²) in [6.07, 6.45) is 6.67. The predicted octanol–water partition coefficient (Wildman–Crippen LogP) is 1.88. The van der Waals surface area contributed by atoms with Crippen LogP contribution in [0.3, 0.4) is 0 Å². The van der Waals surface area contributed by atoms with Crippen LogP contribution in [0.25, 0.3) is 0 Å². The number of para-hydroxylation sites is 1. The number of hydrogen-bond acceptors (Lipinski definition) is 5. The molecule has 0 radical (unpaired) electrons. The molecule has 2 heterocycles. The topological polar surface area (TPSA) is 72.9 Å². The lowest BCUT2D eigenvalue weighted by Gasteiger charge is -2.44. The number of carbonyl (C=O) groups is 2. The van der Waals surface area contributed by atoms with E-state index in [0.717, 1.165) is 24.4 Å². The number of imide groups is 1. The molecule has 2 amide bonds. The molecule has 2 aliphatic heterocycles. The van der Waals surface area contributed by atoms with Gasteiger partial charge in [-0.25, -0.2) is 0 Å². The molecule has 26 heavy (non-hydrogen) atoms. The van der Waals surface area contributed by atoms with Crippen molar-refractivity contribution in [1.82, 2.24) is 10.2 Å². The number of benzene rings is 1. The zero-order valence-electron chi connectivity index (χ0n) is 14.4. The third-order valence-corrected chi connectivity index (χ3v) is 5.05. The summed E-state index contributed by atoms with van der Waals surface area (Å²) in [7, 11) is 0. The average Bonchev–Trinajstić information content (AvgIpc) is 3.00. The lowest BCUT2D eigenvalue weighted by Crippen LogP contribution is -2.54. The fraction of sp³-hybridized carbons (Fsp3) is 0.300. The highest BCUT2D eigenvalue weighted by atomic mass is 16.3. The van der Waals surface area contributed by atoms with Crippen LogP contribution >= 0.6 is 0 Å². The van der Waals surface area contributed by atoms with Crippen molar-refractivity contribution in [3.8, 4) is 0 Å². The summed E-state index contributed by atoms with van der Waals surface area (Å²) >= 11 is 0. The molecule has 1 aromatic carbocycles. The van der Waals surface area contributed by atoms with Gasteiger partial charge in [0.05, 0.1) is 11.8 Å². The summed E-state index contributed by atoms with van der Waals surface area (Å²) in [4.78, 5) is 28.3. The monoisotopic (exact) mass is 351 g/mol. The van der Waals surface area contributed by atoms with Crippen molar-refractivity contribution in [1.29, 1.82) is 0 Å². The first-order valence-electron chi connectivity index (χ1n) is 8.85. The summed E-state index contributed by atoms with van der Waals surface area (Å²) in [6.45, 7) is 2.10. The molecule has 6 heteroatoms. The Labute approximate surface area is 152 Å². The molecular weight excluding hydrogens is 330 g/mol. The van der Waals surface area contributed by atoms with Gasteiger partial charge in [-0.1, -0.05) is 24.3 Å². The molecule has 0 aromatic heterocycles. The molecule has 134 valence electrons. The number of nitrogens with one attached hydrogen (secondary N) is 1. The van der Waals surface area contributed by atoms with Crippen LogP contribution in [0.15, 0.2) is 65.6 Å². The molecule has 0 bridgehead atoms. The first-order valence-corrected chi connectivity index (χ1v) is 8.85. The van der Waals surface area contributed by atoms with E-state index in [0.29, 0.717) is 30.8 Å².